The first-order valence-corrected chi connectivity index (χ1v) is 6.21. The zero-order valence-electron chi connectivity index (χ0n) is 8.48. The SMILES string of the molecule is O=C(c1ccc([AsH2])cc1)N1CCOCC1. The summed E-state index contributed by atoms with van der Waals surface area (Å²) in [7, 11) is 0. The first-order chi connectivity index (χ1) is 7.27. The van der Waals surface area contributed by atoms with Crippen LogP contribution in [0, 0.1) is 0 Å². The molecule has 0 bridgehead atoms. The summed E-state index contributed by atoms with van der Waals surface area (Å²) >= 11 is 1.57. The van der Waals surface area contributed by atoms with Crippen LogP contribution in [0.25, 0.3) is 0 Å². The van der Waals surface area contributed by atoms with Crippen LogP contribution in [-0.4, -0.2) is 54.0 Å². The van der Waals surface area contributed by atoms with E-state index in [1.165, 1.54) is 4.35 Å². The van der Waals surface area contributed by atoms with E-state index in [2.05, 4.69) is 0 Å². The average Bonchev–Trinajstić information content (AvgIpc) is 2.30. The van der Waals surface area contributed by atoms with Gasteiger partial charge in [-0.05, 0) is 0 Å². The molecule has 0 spiro atoms. The van der Waals surface area contributed by atoms with Gasteiger partial charge >= 0.3 is 97.7 Å². The van der Waals surface area contributed by atoms with Crippen LogP contribution in [0.5, 0.6) is 0 Å². The van der Waals surface area contributed by atoms with E-state index in [0.29, 0.717) is 26.3 Å². The molecule has 80 valence electrons. The fourth-order valence-electron chi connectivity index (χ4n) is 1.57. The van der Waals surface area contributed by atoms with Crippen LogP contribution in [0.1, 0.15) is 10.4 Å². The van der Waals surface area contributed by atoms with Crippen molar-refractivity contribution in [2.75, 3.05) is 26.3 Å². The van der Waals surface area contributed by atoms with Crippen LogP contribution in [-0.2, 0) is 4.74 Å². The Morgan fingerprint density at radius 3 is 2.40 bits per heavy atom. The Morgan fingerprint density at radius 2 is 1.80 bits per heavy atom. The van der Waals surface area contributed by atoms with Gasteiger partial charge in [-0.2, -0.15) is 0 Å². The van der Waals surface area contributed by atoms with Gasteiger partial charge in [0.25, 0.3) is 0 Å². The Hall–Kier alpha value is -0.792. The molecule has 1 amide bonds. The zero-order chi connectivity index (χ0) is 10.7. The summed E-state index contributed by atoms with van der Waals surface area (Å²) in [6.07, 6.45) is 0. The number of carbonyl (C=O) groups is 1. The minimum atomic E-state index is 0.116. The summed E-state index contributed by atoms with van der Waals surface area (Å²) in [5.74, 6) is 0.116. The number of nitrogens with zero attached hydrogens (tertiary/aromatic N) is 1. The molecule has 1 fully saturated rings. The quantitative estimate of drug-likeness (QED) is 0.637. The number of hydrogen-bond donors (Lipinski definition) is 0. The molecule has 1 heterocycles. The van der Waals surface area contributed by atoms with Crippen molar-refractivity contribution >= 4 is 27.1 Å². The van der Waals surface area contributed by atoms with Crippen molar-refractivity contribution in [2.24, 2.45) is 0 Å². The predicted molar refractivity (Wildman–Crippen MR) is 61.3 cm³/mol. The molecular weight excluding hydrogens is 253 g/mol. The molecule has 2 rings (SSSR count). The van der Waals surface area contributed by atoms with E-state index < -0.39 is 0 Å². The van der Waals surface area contributed by atoms with Gasteiger partial charge in [0.05, 0.1) is 0 Å². The molecule has 1 atom stereocenters. The molecule has 1 aliphatic heterocycles. The van der Waals surface area contributed by atoms with E-state index >= 15 is 0 Å². The van der Waals surface area contributed by atoms with Crippen LogP contribution in [0.4, 0.5) is 0 Å². The molecule has 1 aromatic carbocycles. The molecule has 0 radical (unpaired) electrons. The van der Waals surface area contributed by atoms with Crippen molar-refractivity contribution in [1.29, 1.82) is 0 Å². The van der Waals surface area contributed by atoms with Crippen molar-refractivity contribution < 1.29 is 9.53 Å². The molecule has 0 saturated carbocycles. The van der Waals surface area contributed by atoms with Crippen LogP contribution < -0.4 is 4.35 Å². The van der Waals surface area contributed by atoms with Crippen LogP contribution >= 0.6 is 0 Å². The normalized spacial score (nSPS) is 16.5. The zero-order valence-corrected chi connectivity index (χ0v) is 10.9. The standard InChI is InChI=1S/C11H14AsNO2/c12-10-3-1-9(2-4-10)11(14)13-5-7-15-8-6-13/h1-4H,5-8,12H2. The van der Waals surface area contributed by atoms with Gasteiger partial charge in [0.1, 0.15) is 0 Å². The predicted octanol–water partition coefficient (Wildman–Crippen LogP) is -0.583. The second-order valence-electron chi connectivity index (χ2n) is 3.53. The van der Waals surface area contributed by atoms with Gasteiger partial charge in [0, 0.05) is 0 Å². The molecule has 1 saturated heterocycles. The van der Waals surface area contributed by atoms with E-state index in [4.69, 9.17) is 4.74 Å². The molecule has 3 nitrogen and oxygen atoms in total. The Labute approximate surface area is 97.9 Å². The van der Waals surface area contributed by atoms with E-state index in [9.17, 15) is 4.79 Å². The van der Waals surface area contributed by atoms with Gasteiger partial charge in [-0.15, -0.1) is 0 Å². The summed E-state index contributed by atoms with van der Waals surface area (Å²) < 4.78 is 6.45. The molecule has 0 aliphatic carbocycles. The Balaban J connectivity index is 2.09. The van der Waals surface area contributed by atoms with Gasteiger partial charge in [-0.3, -0.25) is 0 Å². The van der Waals surface area contributed by atoms with Crippen LogP contribution in [0.3, 0.4) is 0 Å². The van der Waals surface area contributed by atoms with E-state index in [1.54, 1.807) is 16.9 Å². The third-order valence-corrected chi connectivity index (χ3v) is 3.26. The van der Waals surface area contributed by atoms with Crippen LogP contribution in [0.2, 0.25) is 0 Å². The van der Waals surface area contributed by atoms with Crippen molar-refractivity contribution in [1.82, 2.24) is 4.90 Å². The van der Waals surface area contributed by atoms with Crippen molar-refractivity contribution in [2.45, 2.75) is 0 Å². The molecule has 1 unspecified atom stereocenters. The van der Waals surface area contributed by atoms with Crippen molar-refractivity contribution in [3.8, 4) is 0 Å². The Bertz CT molecular complexity index is 344. The monoisotopic (exact) mass is 267 g/mol. The maximum absolute atomic E-state index is 12.0. The number of rotatable bonds is 1. The first-order valence-electron chi connectivity index (χ1n) is 5.00. The fraction of sp³-hybridized carbons (Fsp3) is 0.364. The summed E-state index contributed by atoms with van der Waals surface area (Å²) in [6, 6.07) is 7.78. The molecule has 0 aromatic heterocycles. The van der Waals surface area contributed by atoms with Gasteiger partial charge in [-0.1, -0.05) is 0 Å². The van der Waals surface area contributed by atoms with Crippen LogP contribution in [0.15, 0.2) is 24.3 Å². The summed E-state index contributed by atoms with van der Waals surface area (Å²) in [6.45, 7) is 2.72. The maximum atomic E-state index is 12.0. The van der Waals surface area contributed by atoms with Crippen molar-refractivity contribution in [3.63, 3.8) is 0 Å². The second kappa shape index (κ2) is 4.82. The number of morpholine rings is 1. The number of amides is 1. The third kappa shape index (κ3) is 2.61. The number of carbonyl (C=O) groups excluding carboxylic acids is 1. The first kappa shape index (κ1) is 10.7. The van der Waals surface area contributed by atoms with E-state index in [0.717, 1.165) is 5.56 Å². The Kier molecular flexibility index (Phi) is 3.44. The van der Waals surface area contributed by atoms with Gasteiger partial charge < -0.3 is 0 Å². The Morgan fingerprint density at radius 1 is 1.20 bits per heavy atom. The molecule has 4 heteroatoms. The molecule has 15 heavy (non-hydrogen) atoms. The van der Waals surface area contributed by atoms with Crippen molar-refractivity contribution in [3.05, 3.63) is 29.8 Å². The van der Waals surface area contributed by atoms with Gasteiger partial charge in [0.2, 0.25) is 0 Å². The fourth-order valence-corrected chi connectivity index (χ4v) is 1.98. The average molecular weight is 267 g/mol. The number of ether oxygens (including phenoxy) is 1. The topological polar surface area (TPSA) is 29.5 Å². The summed E-state index contributed by atoms with van der Waals surface area (Å²) in [5, 5.41) is 0. The minimum absolute atomic E-state index is 0.116. The molecule has 0 N–H and O–H groups in total. The number of hydrogen-bond acceptors (Lipinski definition) is 2. The van der Waals surface area contributed by atoms with E-state index in [-0.39, 0.29) is 5.91 Å². The molecular formula is C11H14AsNO2. The van der Waals surface area contributed by atoms with Gasteiger partial charge in [0.15, 0.2) is 0 Å². The molecule has 1 aromatic rings. The second-order valence-corrected chi connectivity index (χ2v) is 4.93. The number of benzene rings is 1. The molecule has 1 aliphatic rings. The summed E-state index contributed by atoms with van der Waals surface area (Å²) in [4.78, 5) is 13.8. The van der Waals surface area contributed by atoms with E-state index in [1.807, 2.05) is 29.2 Å². The van der Waals surface area contributed by atoms with Gasteiger partial charge in [-0.25, -0.2) is 0 Å². The summed E-state index contributed by atoms with van der Waals surface area (Å²) in [5.41, 5.74) is 0.776. The third-order valence-electron chi connectivity index (χ3n) is 2.46.